The Labute approximate surface area is 189 Å². The van der Waals surface area contributed by atoms with Crippen molar-refractivity contribution in [3.8, 4) is 5.75 Å². The van der Waals surface area contributed by atoms with Crippen LogP contribution in [0.3, 0.4) is 0 Å². The van der Waals surface area contributed by atoms with Crippen LogP contribution in [0.4, 0.5) is 0 Å². The highest BCUT2D eigenvalue weighted by Gasteiger charge is 2.27. The van der Waals surface area contributed by atoms with E-state index < -0.39 is 5.63 Å². The number of benzene rings is 2. The van der Waals surface area contributed by atoms with Crippen LogP contribution in [-0.2, 0) is 0 Å². The molecule has 1 aliphatic rings. The maximum atomic E-state index is 13.2. The highest BCUT2D eigenvalue weighted by atomic mass is 16.5. The molecular formula is C25H23N3O5. The standard InChI is InChI=1S/C25H23N3O5/c1-16-7-10-22-28(16)20-15-17(8-9-18(20)25(31)33-22)23(29)26-11-13-27(14-12-26)24(30)19-5-3-4-6-21(19)32-2/h3-10,15H,11-14H2,1-2H3. The fraction of sp³-hybridized carbons (Fsp3) is 0.240. The van der Waals surface area contributed by atoms with Crippen LogP contribution < -0.4 is 10.4 Å². The third-order valence-electron chi connectivity index (χ3n) is 6.13. The van der Waals surface area contributed by atoms with Gasteiger partial charge in [0.15, 0.2) is 0 Å². The summed E-state index contributed by atoms with van der Waals surface area (Å²) in [4.78, 5) is 42.0. The Kier molecular flexibility index (Phi) is 5.12. The van der Waals surface area contributed by atoms with E-state index in [0.717, 1.165) is 5.69 Å². The molecule has 5 rings (SSSR count). The first kappa shape index (κ1) is 20.8. The van der Waals surface area contributed by atoms with Gasteiger partial charge in [0.05, 0.1) is 23.6 Å². The van der Waals surface area contributed by atoms with E-state index in [4.69, 9.17) is 9.15 Å². The van der Waals surface area contributed by atoms with Crippen LogP contribution >= 0.6 is 0 Å². The molecule has 0 aliphatic carbocycles. The second-order valence-corrected chi connectivity index (χ2v) is 8.05. The van der Waals surface area contributed by atoms with E-state index in [-0.39, 0.29) is 11.8 Å². The monoisotopic (exact) mass is 445 g/mol. The smallest absolute Gasteiger partial charge is 0.346 e. The molecule has 8 nitrogen and oxygen atoms in total. The van der Waals surface area contributed by atoms with Gasteiger partial charge in [-0.1, -0.05) is 12.1 Å². The lowest BCUT2D eigenvalue weighted by atomic mass is 10.1. The molecular weight excluding hydrogens is 422 g/mol. The highest BCUT2D eigenvalue weighted by Crippen LogP contribution is 2.22. The maximum Gasteiger partial charge on any atom is 0.346 e. The van der Waals surface area contributed by atoms with Gasteiger partial charge >= 0.3 is 5.63 Å². The van der Waals surface area contributed by atoms with Gasteiger partial charge in [-0.25, -0.2) is 4.79 Å². The van der Waals surface area contributed by atoms with Gasteiger partial charge in [0, 0.05) is 43.5 Å². The summed E-state index contributed by atoms with van der Waals surface area (Å²) in [6, 6.07) is 15.8. The number of rotatable bonds is 3. The Balaban J connectivity index is 1.37. The van der Waals surface area contributed by atoms with Crippen LogP contribution in [0.5, 0.6) is 5.75 Å². The number of aryl methyl sites for hydroxylation is 1. The summed E-state index contributed by atoms with van der Waals surface area (Å²) in [5.74, 6) is 0.295. The average Bonchev–Trinajstić information content (AvgIpc) is 3.23. The molecule has 0 spiro atoms. The lowest BCUT2D eigenvalue weighted by Crippen LogP contribution is -2.50. The molecule has 4 aromatic rings. The Hall–Kier alpha value is -4.07. The lowest BCUT2D eigenvalue weighted by molar-refractivity contribution is 0.0533. The zero-order valence-corrected chi connectivity index (χ0v) is 18.4. The SMILES string of the molecule is COc1ccccc1C(=O)N1CCN(C(=O)c2ccc3c(=O)oc4ccc(C)n4c3c2)CC1. The van der Waals surface area contributed by atoms with Crippen molar-refractivity contribution in [1.29, 1.82) is 0 Å². The molecule has 0 saturated carbocycles. The highest BCUT2D eigenvalue weighted by molar-refractivity contribution is 5.99. The van der Waals surface area contributed by atoms with Crippen molar-refractivity contribution in [3.05, 3.63) is 81.8 Å². The molecule has 2 amide bonds. The number of amides is 2. The number of piperazine rings is 1. The third kappa shape index (κ3) is 3.53. The van der Waals surface area contributed by atoms with Crippen molar-refractivity contribution < 1.29 is 18.7 Å². The van der Waals surface area contributed by atoms with Gasteiger partial charge in [-0.2, -0.15) is 0 Å². The first-order valence-electron chi connectivity index (χ1n) is 10.7. The van der Waals surface area contributed by atoms with Crippen LogP contribution in [0.2, 0.25) is 0 Å². The Morgan fingerprint density at radius 2 is 1.61 bits per heavy atom. The van der Waals surface area contributed by atoms with E-state index in [1.807, 2.05) is 23.5 Å². The van der Waals surface area contributed by atoms with E-state index in [2.05, 4.69) is 0 Å². The molecule has 8 heteroatoms. The van der Waals surface area contributed by atoms with Crippen molar-refractivity contribution in [1.82, 2.24) is 14.2 Å². The molecule has 2 aromatic heterocycles. The summed E-state index contributed by atoms with van der Waals surface area (Å²) < 4.78 is 12.5. The van der Waals surface area contributed by atoms with Crippen molar-refractivity contribution in [3.63, 3.8) is 0 Å². The Morgan fingerprint density at radius 1 is 0.909 bits per heavy atom. The summed E-state index contributed by atoms with van der Waals surface area (Å²) in [6.45, 7) is 3.62. The van der Waals surface area contributed by atoms with Gasteiger partial charge in [-0.3, -0.25) is 14.0 Å². The molecule has 168 valence electrons. The fourth-order valence-corrected chi connectivity index (χ4v) is 4.36. The summed E-state index contributed by atoms with van der Waals surface area (Å²) in [6.07, 6.45) is 0. The predicted octanol–water partition coefficient (Wildman–Crippen LogP) is 2.96. The van der Waals surface area contributed by atoms with E-state index in [0.29, 0.717) is 59.7 Å². The topological polar surface area (TPSA) is 84.5 Å². The molecule has 0 radical (unpaired) electrons. The number of methoxy groups -OCH3 is 1. The molecule has 1 saturated heterocycles. The summed E-state index contributed by atoms with van der Waals surface area (Å²) in [5.41, 5.74) is 2.56. The quantitative estimate of drug-likeness (QED) is 0.484. The predicted molar refractivity (Wildman–Crippen MR) is 123 cm³/mol. The molecule has 1 aliphatic heterocycles. The summed E-state index contributed by atoms with van der Waals surface area (Å²) in [7, 11) is 1.54. The fourth-order valence-electron chi connectivity index (χ4n) is 4.36. The van der Waals surface area contributed by atoms with Crippen LogP contribution in [0.1, 0.15) is 26.4 Å². The van der Waals surface area contributed by atoms with Crippen LogP contribution in [-0.4, -0.2) is 59.3 Å². The maximum absolute atomic E-state index is 13.2. The molecule has 3 heterocycles. The summed E-state index contributed by atoms with van der Waals surface area (Å²) >= 11 is 0. The third-order valence-corrected chi connectivity index (χ3v) is 6.13. The second-order valence-electron chi connectivity index (χ2n) is 8.05. The van der Waals surface area contributed by atoms with Crippen molar-refractivity contribution >= 4 is 28.4 Å². The molecule has 0 N–H and O–H groups in total. The van der Waals surface area contributed by atoms with Gasteiger partial charge in [0.25, 0.3) is 11.8 Å². The van der Waals surface area contributed by atoms with Gasteiger partial charge in [0.2, 0.25) is 5.71 Å². The molecule has 0 unspecified atom stereocenters. The molecule has 1 fully saturated rings. The van der Waals surface area contributed by atoms with E-state index in [1.54, 1.807) is 59.4 Å². The number of aromatic nitrogens is 1. The van der Waals surface area contributed by atoms with E-state index >= 15 is 0 Å². The van der Waals surface area contributed by atoms with Gasteiger partial charge in [0.1, 0.15) is 5.75 Å². The Bertz CT molecular complexity index is 1440. The lowest BCUT2D eigenvalue weighted by Gasteiger charge is -2.35. The zero-order chi connectivity index (χ0) is 23.1. The zero-order valence-electron chi connectivity index (χ0n) is 18.4. The minimum atomic E-state index is -0.432. The van der Waals surface area contributed by atoms with Crippen LogP contribution in [0.25, 0.3) is 16.6 Å². The number of hydrogen-bond acceptors (Lipinski definition) is 5. The molecule has 0 bridgehead atoms. The van der Waals surface area contributed by atoms with Crippen molar-refractivity contribution in [2.45, 2.75) is 6.92 Å². The number of hydrogen-bond donors (Lipinski definition) is 0. The normalized spacial score (nSPS) is 14.1. The first-order valence-corrected chi connectivity index (χ1v) is 10.7. The number of nitrogens with zero attached hydrogens (tertiary/aromatic N) is 3. The van der Waals surface area contributed by atoms with Gasteiger partial charge in [-0.05, 0) is 43.3 Å². The number of carbonyl (C=O) groups excluding carboxylic acids is 2. The number of ether oxygens (including phenoxy) is 1. The summed E-state index contributed by atoms with van der Waals surface area (Å²) in [5, 5.41) is 0.422. The number of para-hydroxylation sites is 1. The average molecular weight is 445 g/mol. The van der Waals surface area contributed by atoms with Crippen LogP contribution in [0, 0.1) is 6.92 Å². The van der Waals surface area contributed by atoms with E-state index in [9.17, 15) is 14.4 Å². The van der Waals surface area contributed by atoms with Gasteiger partial charge in [-0.15, -0.1) is 0 Å². The Morgan fingerprint density at radius 3 is 2.33 bits per heavy atom. The minimum Gasteiger partial charge on any atom is -0.496 e. The van der Waals surface area contributed by atoms with Gasteiger partial charge < -0.3 is 19.0 Å². The van der Waals surface area contributed by atoms with Crippen LogP contribution in [0.15, 0.2) is 63.8 Å². The molecule has 2 aromatic carbocycles. The number of fused-ring (bicyclic) bond motifs is 3. The largest absolute Gasteiger partial charge is 0.496 e. The number of carbonyl (C=O) groups is 2. The minimum absolute atomic E-state index is 0.109. The molecule has 0 atom stereocenters. The van der Waals surface area contributed by atoms with E-state index in [1.165, 1.54) is 0 Å². The molecule has 33 heavy (non-hydrogen) atoms. The second kappa shape index (κ2) is 8.12. The van der Waals surface area contributed by atoms with Crippen molar-refractivity contribution in [2.24, 2.45) is 0 Å². The first-order chi connectivity index (χ1) is 16.0. The van der Waals surface area contributed by atoms with Crippen molar-refractivity contribution in [2.75, 3.05) is 33.3 Å².